The number of allylic oxidation sites excluding steroid dienone is 1. The van der Waals surface area contributed by atoms with Crippen LogP contribution in [0.4, 0.5) is 0 Å². The Hall–Kier alpha value is -0.830. The molecular weight excluding hydrogens is 202 g/mol. The molecule has 1 saturated carbocycles. The molecule has 16 heavy (non-hydrogen) atoms. The van der Waals surface area contributed by atoms with E-state index in [0.717, 1.165) is 32.2 Å². The lowest BCUT2D eigenvalue weighted by molar-refractivity contribution is -0.159. The van der Waals surface area contributed by atoms with E-state index in [0.29, 0.717) is 12.6 Å². The van der Waals surface area contributed by atoms with Crippen molar-refractivity contribution in [2.45, 2.75) is 45.1 Å². The molecule has 1 fully saturated rings. The van der Waals surface area contributed by atoms with Crippen molar-refractivity contribution in [1.82, 2.24) is 5.32 Å². The van der Waals surface area contributed by atoms with E-state index < -0.39 is 0 Å². The smallest absolute Gasteiger partial charge is 0.313 e. The first-order valence-electron chi connectivity index (χ1n) is 6.35. The fourth-order valence-corrected chi connectivity index (χ4v) is 2.97. The monoisotopic (exact) mass is 223 g/mol. The quantitative estimate of drug-likeness (QED) is 0.575. The SMILES string of the molecule is CCOC(=O)[C@@]12CC=CCN[C@H]1CCCC2. The van der Waals surface area contributed by atoms with Crippen molar-refractivity contribution in [3.8, 4) is 0 Å². The molecule has 0 aromatic carbocycles. The molecule has 1 N–H and O–H groups in total. The Morgan fingerprint density at radius 1 is 1.50 bits per heavy atom. The van der Waals surface area contributed by atoms with Crippen molar-refractivity contribution in [3.05, 3.63) is 12.2 Å². The summed E-state index contributed by atoms with van der Waals surface area (Å²) in [5.74, 6) is -0.00116. The third-order valence-electron chi connectivity index (χ3n) is 3.85. The summed E-state index contributed by atoms with van der Waals surface area (Å²) in [6.45, 7) is 3.25. The Kier molecular flexibility index (Phi) is 3.64. The van der Waals surface area contributed by atoms with Crippen molar-refractivity contribution >= 4 is 5.97 Å². The number of nitrogens with one attached hydrogen (secondary N) is 1. The Bertz CT molecular complexity index is 288. The van der Waals surface area contributed by atoms with Gasteiger partial charge in [0.2, 0.25) is 0 Å². The number of ether oxygens (including phenoxy) is 1. The Morgan fingerprint density at radius 2 is 2.38 bits per heavy atom. The number of carbonyl (C=O) groups excluding carboxylic acids is 1. The molecule has 1 aliphatic heterocycles. The standard InChI is InChI=1S/C13H21NO2/c1-2-16-12(15)13-8-4-3-7-11(13)14-10-6-5-9-13/h5-6,11,14H,2-4,7-10H2,1H3/t11-,13-/m0/s1. The highest BCUT2D eigenvalue weighted by Crippen LogP contribution is 2.41. The van der Waals surface area contributed by atoms with Gasteiger partial charge in [-0.3, -0.25) is 4.79 Å². The fraction of sp³-hybridized carbons (Fsp3) is 0.769. The van der Waals surface area contributed by atoms with E-state index in [1.807, 2.05) is 6.92 Å². The minimum Gasteiger partial charge on any atom is -0.466 e. The summed E-state index contributed by atoms with van der Waals surface area (Å²) in [6.07, 6.45) is 9.52. The molecule has 0 aromatic heterocycles. The molecule has 2 atom stereocenters. The van der Waals surface area contributed by atoms with E-state index in [4.69, 9.17) is 4.74 Å². The average Bonchev–Trinajstić information content (AvgIpc) is 2.52. The third kappa shape index (κ3) is 2.01. The molecule has 90 valence electrons. The molecule has 0 aromatic rings. The molecule has 2 rings (SSSR count). The summed E-state index contributed by atoms with van der Waals surface area (Å²) in [5, 5.41) is 3.48. The van der Waals surface area contributed by atoms with Crippen LogP contribution in [0.3, 0.4) is 0 Å². The third-order valence-corrected chi connectivity index (χ3v) is 3.85. The van der Waals surface area contributed by atoms with Gasteiger partial charge in [-0.1, -0.05) is 25.0 Å². The summed E-state index contributed by atoms with van der Waals surface area (Å²) in [5.41, 5.74) is -0.290. The van der Waals surface area contributed by atoms with Crippen LogP contribution >= 0.6 is 0 Å². The molecule has 1 aliphatic carbocycles. The van der Waals surface area contributed by atoms with Crippen LogP contribution in [-0.2, 0) is 9.53 Å². The van der Waals surface area contributed by atoms with Crippen molar-refractivity contribution < 1.29 is 9.53 Å². The molecule has 0 saturated heterocycles. The van der Waals surface area contributed by atoms with Crippen LogP contribution in [0.5, 0.6) is 0 Å². The van der Waals surface area contributed by atoms with E-state index in [9.17, 15) is 4.79 Å². The Balaban J connectivity index is 2.21. The number of hydrogen-bond acceptors (Lipinski definition) is 3. The number of carbonyl (C=O) groups is 1. The zero-order valence-corrected chi connectivity index (χ0v) is 10.00. The van der Waals surface area contributed by atoms with Gasteiger partial charge in [0, 0.05) is 12.6 Å². The topological polar surface area (TPSA) is 38.3 Å². The molecule has 0 amide bonds. The molecule has 3 nitrogen and oxygen atoms in total. The van der Waals surface area contributed by atoms with Crippen LogP contribution in [0.25, 0.3) is 0 Å². The van der Waals surface area contributed by atoms with Gasteiger partial charge in [0.05, 0.1) is 12.0 Å². The van der Waals surface area contributed by atoms with Crippen LogP contribution in [0.1, 0.15) is 39.0 Å². The van der Waals surface area contributed by atoms with Gasteiger partial charge in [0.25, 0.3) is 0 Å². The highest BCUT2D eigenvalue weighted by atomic mass is 16.5. The van der Waals surface area contributed by atoms with Gasteiger partial charge in [-0.2, -0.15) is 0 Å². The van der Waals surface area contributed by atoms with Gasteiger partial charge < -0.3 is 10.1 Å². The highest BCUT2D eigenvalue weighted by Gasteiger charge is 2.47. The second-order valence-electron chi connectivity index (χ2n) is 4.76. The summed E-state index contributed by atoms with van der Waals surface area (Å²) in [6, 6.07) is 0.301. The summed E-state index contributed by atoms with van der Waals surface area (Å²) < 4.78 is 5.28. The number of rotatable bonds is 2. The lowest BCUT2D eigenvalue weighted by Crippen LogP contribution is -2.51. The Morgan fingerprint density at radius 3 is 3.19 bits per heavy atom. The maximum absolute atomic E-state index is 12.2. The van der Waals surface area contributed by atoms with Crippen molar-refractivity contribution in [3.63, 3.8) is 0 Å². The van der Waals surface area contributed by atoms with Gasteiger partial charge in [0.1, 0.15) is 0 Å². The molecule has 3 heteroatoms. The first-order valence-corrected chi connectivity index (χ1v) is 6.35. The summed E-state index contributed by atoms with van der Waals surface area (Å²) in [7, 11) is 0. The molecule has 0 bridgehead atoms. The largest absolute Gasteiger partial charge is 0.466 e. The van der Waals surface area contributed by atoms with Crippen molar-refractivity contribution in [1.29, 1.82) is 0 Å². The minimum absolute atomic E-state index is 0.00116. The zero-order chi connectivity index (χ0) is 11.4. The van der Waals surface area contributed by atoms with E-state index in [-0.39, 0.29) is 11.4 Å². The second kappa shape index (κ2) is 5.00. The molecular formula is C13H21NO2. The summed E-state index contributed by atoms with van der Waals surface area (Å²) >= 11 is 0. The molecule has 0 unspecified atom stereocenters. The molecule has 2 aliphatic rings. The normalized spacial score (nSPS) is 33.9. The zero-order valence-electron chi connectivity index (χ0n) is 10.00. The second-order valence-corrected chi connectivity index (χ2v) is 4.76. The molecule has 0 spiro atoms. The minimum atomic E-state index is -0.290. The van der Waals surface area contributed by atoms with Gasteiger partial charge >= 0.3 is 5.97 Å². The van der Waals surface area contributed by atoms with E-state index >= 15 is 0 Å². The lowest BCUT2D eigenvalue weighted by Gasteiger charge is -2.41. The maximum atomic E-state index is 12.2. The van der Waals surface area contributed by atoms with Gasteiger partial charge in [-0.15, -0.1) is 0 Å². The first kappa shape index (κ1) is 11.6. The van der Waals surface area contributed by atoms with Crippen LogP contribution in [0.15, 0.2) is 12.2 Å². The fourth-order valence-electron chi connectivity index (χ4n) is 2.97. The molecule has 0 radical (unpaired) electrons. The maximum Gasteiger partial charge on any atom is 0.313 e. The van der Waals surface area contributed by atoms with Crippen LogP contribution in [0.2, 0.25) is 0 Å². The number of hydrogen-bond donors (Lipinski definition) is 1. The highest BCUT2D eigenvalue weighted by molar-refractivity contribution is 5.78. The van der Waals surface area contributed by atoms with Crippen molar-refractivity contribution in [2.75, 3.05) is 13.2 Å². The molecule has 1 heterocycles. The predicted octanol–water partition coefficient (Wildman–Crippen LogP) is 2.03. The number of esters is 1. The van der Waals surface area contributed by atoms with E-state index in [1.165, 1.54) is 6.42 Å². The van der Waals surface area contributed by atoms with Gasteiger partial charge in [0.15, 0.2) is 0 Å². The van der Waals surface area contributed by atoms with E-state index in [2.05, 4.69) is 17.5 Å². The van der Waals surface area contributed by atoms with Crippen LogP contribution in [-0.4, -0.2) is 25.2 Å². The number of fused-ring (bicyclic) bond motifs is 1. The van der Waals surface area contributed by atoms with E-state index in [1.54, 1.807) is 0 Å². The van der Waals surface area contributed by atoms with Gasteiger partial charge in [-0.25, -0.2) is 0 Å². The Labute approximate surface area is 97.2 Å². The lowest BCUT2D eigenvalue weighted by atomic mass is 9.68. The van der Waals surface area contributed by atoms with Gasteiger partial charge in [-0.05, 0) is 26.2 Å². The average molecular weight is 223 g/mol. The van der Waals surface area contributed by atoms with Crippen LogP contribution < -0.4 is 5.32 Å². The predicted molar refractivity (Wildman–Crippen MR) is 63.1 cm³/mol. The first-order chi connectivity index (χ1) is 7.79. The van der Waals surface area contributed by atoms with Crippen LogP contribution in [0, 0.1) is 5.41 Å². The van der Waals surface area contributed by atoms with Crippen molar-refractivity contribution in [2.24, 2.45) is 5.41 Å². The summed E-state index contributed by atoms with van der Waals surface area (Å²) in [4.78, 5) is 12.2.